The predicted octanol–water partition coefficient (Wildman–Crippen LogP) is 3.16. The number of benzene rings is 2. The number of nitrogens with zero attached hydrogens (tertiary/aromatic N) is 3. The molecule has 148 valence electrons. The smallest absolute Gasteiger partial charge is 0.332 e. The van der Waals surface area contributed by atoms with E-state index in [2.05, 4.69) is 0 Å². The number of imide groups is 1. The summed E-state index contributed by atoms with van der Waals surface area (Å²) in [5.41, 5.74) is 1.58. The number of likely N-dealkylation sites (tertiary alicyclic amines) is 1. The first-order valence-corrected chi connectivity index (χ1v) is 9.84. The first-order valence-electron chi connectivity index (χ1n) is 9.84. The number of carbonyl (C=O) groups excluding carboxylic acids is 3. The van der Waals surface area contributed by atoms with Crippen LogP contribution in [-0.2, 0) is 9.59 Å². The van der Waals surface area contributed by atoms with Crippen molar-refractivity contribution in [2.45, 2.75) is 18.9 Å². The zero-order valence-electron chi connectivity index (χ0n) is 16.1. The second kappa shape index (κ2) is 8.31. The summed E-state index contributed by atoms with van der Waals surface area (Å²) < 4.78 is 0. The molecule has 0 spiro atoms. The van der Waals surface area contributed by atoms with Crippen molar-refractivity contribution in [2.75, 3.05) is 24.5 Å². The van der Waals surface area contributed by atoms with Crippen molar-refractivity contribution in [3.05, 3.63) is 72.3 Å². The van der Waals surface area contributed by atoms with Gasteiger partial charge in [-0.15, -0.1) is 0 Å². The number of hydrogen-bond acceptors (Lipinski definition) is 3. The Bertz CT molecular complexity index is 919. The highest BCUT2D eigenvalue weighted by Crippen LogP contribution is 2.26. The molecule has 0 N–H and O–H groups in total. The molecule has 0 aromatic heterocycles. The Morgan fingerprint density at radius 3 is 2.17 bits per heavy atom. The van der Waals surface area contributed by atoms with E-state index >= 15 is 0 Å². The third-order valence-electron chi connectivity index (χ3n) is 5.44. The van der Waals surface area contributed by atoms with Gasteiger partial charge in [-0.05, 0) is 36.6 Å². The number of carbonyl (C=O) groups is 3. The Kier molecular flexibility index (Phi) is 5.42. The van der Waals surface area contributed by atoms with Gasteiger partial charge in [0, 0.05) is 25.2 Å². The van der Waals surface area contributed by atoms with Gasteiger partial charge in [-0.25, -0.2) is 9.69 Å². The van der Waals surface area contributed by atoms with E-state index in [4.69, 9.17) is 0 Å². The third kappa shape index (κ3) is 4.06. The van der Waals surface area contributed by atoms with Crippen LogP contribution in [0.4, 0.5) is 10.5 Å². The molecule has 2 fully saturated rings. The van der Waals surface area contributed by atoms with Crippen LogP contribution in [0.1, 0.15) is 18.4 Å². The van der Waals surface area contributed by atoms with E-state index in [1.807, 2.05) is 54.6 Å². The number of urea groups is 1. The summed E-state index contributed by atoms with van der Waals surface area (Å²) in [5.74, 6) is -0.229. The van der Waals surface area contributed by atoms with E-state index in [1.165, 1.54) is 4.90 Å². The van der Waals surface area contributed by atoms with Crippen LogP contribution < -0.4 is 4.90 Å². The molecule has 0 atom stereocenters. The Morgan fingerprint density at radius 1 is 0.897 bits per heavy atom. The summed E-state index contributed by atoms with van der Waals surface area (Å²) in [7, 11) is 0. The highest BCUT2D eigenvalue weighted by molar-refractivity contribution is 6.19. The van der Waals surface area contributed by atoms with E-state index in [9.17, 15) is 14.4 Å². The fraction of sp³-hybridized carbons (Fsp3) is 0.261. The number of amides is 4. The van der Waals surface area contributed by atoms with Crippen molar-refractivity contribution < 1.29 is 14.4 Å². The zero-order chi connectivity index (χ0) is 20.2. The molecule has 0 aliphatic carbocycles. The van der Waals surface area contributed by atoms with Gasteiger partial charge in [-0.3, -0.25) is 9.59 Å². The monoisotopic (exact) mass is 389 g/mol. The van der Waals surface area contributed by atoms with Crippen molar-refractivity contribution in [3.63, 3.8) is 0 Å². The molecule has 6 heteroatoms. The van der Waals surface area contributed by atoms with Crippen molar-refractivity contribution in [2.24, 2.45) is 0 Å². The number of piperidine rings is 1. The lowest BCUT2D eigenvalue weighted by molar-refractivity contribution is -0.127. The minimum Gasteiger partial charge on any atom is -0.339 e. The molecule has 4 amide bonds. The van der Waals surface area contributed by atoms with E-state index in [0.29, 0.717) is 31.6 Å². The largest absolute Gasteiger partial charge is 0.339 e. The Labute approximate surface area is 170 Å². The van der Waals surface area contributed by atoms with E-state index in [-0.39, 0.29) is 30.4 Å². The molecule has 2 aromatic rings. The molecule has 0 saturated carbocycles. The Morgan fingerprint density at radius 2 is 1.52 bits per heavy atom. The highest BCUT2D eigenvalue weighted by Gasteiger charge is 2.41. The maximum Gasteiger partial charge on any atom is 0.332 e. The summed E-state index contributed by atoms with van der Waals surface area (Å²) in [6.07, 6.45) is 4.76. The lowest BCUT2D eigenvalue weighted by Gasteiger charge is -2.35. The zero-order valence-corrected chi connectivity index (χ0v) is 16.1. The molecule has 2 aromatic carbocycles. The molecular formula is C23H23N3O3. The summed E-state index contributed by atoms with van der Waals surface area (Å²) in [4.78, 5) is 42.4. The van der Waals surface area contributed by atoms with E-state index in [1.54, 1.807) is 28.0 Å². The standard InChI is InChI=1S/C23H23N3O3/c27-21(12-11-18-7-3-1-4-8-18)24-15-13-19(14-16-24)25-17-22(28)26(23(25)29)20-9-5-2-6-10-20/h1-12,19H,13-17H2. The fourth-order valence-electron chi connectivity index (χ4n) is 3.87. The SMILES string of the molecule is O=C(C=Cc1ccccc1)N1CCC(N2CC(=O)N(c3ccccc3)C2=O)CC1. The van der Waals surface area contributed by atoms with Crippen LogP contribution in [0.5, 0.6) is 0 Å². The summed E-state index contributed by atoms with van der Waals surface area (Å²) in [5, 5.41) is 0. The maximum absolute atomic E-state index is 12.8. The van der Waals surface area contributed by atoms with Crippen molar-refractivity contribution in [1.82, 2.24) is 9.80 Å². The normalized spacial score (nSPS) is 18.1. The summed E-state index contributed by atoms with van der Waals surface area (Å²) >= 11 is 0. The van der Waals surface area contributed by atoms with Crippen LogP contribution >= 0.6 is 0 Å². The van der Waals surface area contributed by atoms with Crippen molar-refractivity contribution in [1.29, 1.82) is 0 Å². The highest BCUT2D eigenvalue weighted by atomic mass is 16.2. The Hall–Kier alpha value is -3.41. The van der Waals surface area contributed by atoms with Gasteiger partial charge in [0.1, 0.15) is 6.54 Å². The van der Waals surface area contributed by atoms with Gasteiger partial charge in [0.2, 0.25) is 5.91 Å². The maximum atomic E-state index is 12.8. The molecule has 0 unspecified atom stereocenters. The Balaban J connectivity index is 1.35. The number of anilines is 1. The second-order valence-electron chi connectivity index (χ2n) is 7.28. The first-order chi connectivity index (χ1) is 14.1. The molecule has 0 radical (unpaired) electrons. The number of hydrogen-bond donors (Lipinski definition) is 0. The average Bonchev–Trinajstić information content (AvgIpc) is 3.07. The van der Waals surface area contributed by atoms with E-state index < -0.39 is 0 Å². The predicted molar refractivity (Wildman–Crippen MR) is 111 cm³/mol. The minimum atomic E-state index is -0.269. The fourth-order valence-corrected chi connectivity index (χ4v) is 3.87. The van der Waals surface area contributed by atoms with Crippen LogP contribution in [0.15, 0.2) is 66.7 Å². The van der Waals surface area contributed by atoms with Crippen LogP contribution in [0.25, 0.3) is 6.08 Å². The number of rotatable bonds is 4. The van der Waals surface area contributed by atoms with Gasteiger partial charge in [0.25, 0.3) is 5.91 Å². The average molecular weight is 389 g/mol. The van der Waals surface area contributed by atoms with Gasteiger partial charge in [-0.1, -0.05) is 48.5 Å². The van der Waals surface area contributed by atoms with Crippen molar-refractivity contribution in [3.8, 4) is 0 Å². The molecule has 0 bridgehead atoms. The lowest BCUT2D eigenvalue weighted by Crippen LogP contribution is -2.47. The summed E-state index contributed by atoms with van der Waals surface area (Å²) in [6.45, 7) is 1.25. The van der Waals surface area contributed by atoms with Crippen LogP contribution in [0, 0.1) is 0 Å². The molecule has 2 aliphatic rings. The number of para-hydroxylation sites is 1. The van der Waals surface area contributed by atoms with Crippen molar-refractivity contribution >= 4 is 29.6 Å². The topological polar surface area (TPSA) is 60.9 Å². The van der Waals surface area contributed by atoms with Gasteiger partial charge in [0.05, 0.1) is 5.69 Å². The van der Waals surface area contributed by atoms with Gasteiger partial charge >= 0.3 is 6.03 Å². The van der Waals surface area contributed by atoms with Crippen LogP contribution in [-0.4, -0.2) is 53.3 Å². The van der Waals surface area contributed by atoms with Gasteiger partial charge in [-0.2, -0.15) is 0 Å². The minimum absolute atomic E-state index is 0.0256. The second-order valence-corrected chi connectivity index (χ2v) is 7.28. The van der Waals surface area contributed by atoms with Gasteiger partial charge < -0.3 is 9.80 Å². The molecule has 6 nitrogen and oxygen atoms in total. The molecule has 2 heterocycles. The molecule has 4 rings (SSSR count). The molecule has 2 aliphatic heterocycles. The lowest BCUT2D eigenvalue weighted by atomic mass is 10.0. The van der Waals surface area contributed by atoms with E-state index in [0.717, 1.165) is 5.56 Å². The van der Waals surface area contributed by atoms with Gasteiger partial charge in [0.15, 0.2) is 0 Å². The molecular weight excluding hydrogens is 366 g/mol. The summed E-state index contributed by atoms with van der Waals surface area (Å²) in [6, 6.07) is 18.4. The third-order valence-corrected chi connectivity index (χ3v) is 5.44. The molecule has 2 saturated heterocycles. The van der Waals surface area contributed by atoms with Crippen LogP contribution in [0.2, 0.25) is 0 Å². The van der Waals surface area contributed by atoms with Crippen LogP contribution in [0.3, 0.4) is 0 Å². The first kappa shape index (κ1) is 18.9. The quantitative estimate of drug-likeness (QED) is 0.596. The molecule has 29 heavy (non-hydrogen) atoms.